The van der Waals surface area contributed by atoms with Gasteiger partial charge in [-0.1, -0.05) is 50.6 Å². The van der Waals surface area contributed by atoms with Crippen LogP contribution in [0.3, 0.4) is 0 Å². The molecule has 1 heterocycles. The summed E-state index contributed by atoms with van der Waals surface area (Å²) >= 11 is 6.26. The van der Waals surface area contributed by atoms with Gasteiger partial charge in [0.15, 0.2) is 0 Å². The molecule has 0 aliphatic carbocycles. The highest BCUT2D eigenvalue weighted by molar-refractivity contribution is 6.31. The number of benzene rings is 1. The fourth-order valence-electron chi connectivity index (χ4n) is 4.03. The lowest BCUT2D eigenvalue weighted by atomic mass is 9.81. The van der Waals surface area contributed by atoms with E-state index in [0.29, 0.717) is 0 Å². The molecule has 0 bridgehead atoms. The molecular weight excluding hydrogens is 332 g/mol. The molecule has 1 N–H and O–H groups in total. The van der Waals surface area contributed by atoms with Gasteiger partial charge in [-0.2, -0.15) is 0 Å². The summed E-state index contributed by atoms with van der Waals surface area (Å²) in [6.07, 6.45) is 2.81. The van der Waals surface area contributed by atoms with E-state index in [2.05, 4.69) is 50.9 Å². The zero-order chi connectivity index (χ0) is 18.7. The zero-order valence-electron chi connectivity index (χ0n) is 16.4. The summed E-state index contributed by atoms with van der Waals surface area (Å²) in [5.41, 5.74) is 1.21. The number of amides is 1. The molecule has 0 saturated carbocycles. The van der Waals surface area contributed by atoms with Gasteiger partial charge in [-0.05, 0) is 63.2 Å². The second kappa shape index (κ2) is 8.09. The maximum Gasteiger partial charge on any atom is 0.223 e. The van der Waals surface area contributed by atoms with E-state index in [4.69, 9.17) is 11.6 Å². The molecule has 0 unspecified atom stereocenters. The Kier molecular flexibility index (Phi) is 6.56. The van der Waals surface area contributed by atoms with Crippen LogP contribution >= 0.6 is 11.6 Å². The van der Waals surface area contributed by atoms with Crippen LogP contribution in [0.15, 0.2) is 24.3 Å². The first kappa shape index (κ1) is 20.3. The maximum atomic E-state index is 12.7. The van der Waals surface area contributed by atoms with Gasteiger partial charge in [0, 0.05) is 23.0 Å². The highest BCUT2D eigenvalue weighted by Crippen LogP contribution is 2.28. The van der Waals surface area contributed by atoms with Crippen molar-refractivity contribution in [2.45, 2.75) is 66.0 Å². The predicted octanol–water partition coefficient (Wildman–Crippen LogP) is 4.88. The molecule has 0 spiro atoms. The van der Waals surface area contributed by atoms with E-state index in [0.717, 1.165) is 43.9 Å². The standard InChI is InChI=1S/C21H33ClN2O/c1-20(2,3)15-21(4,5)23-19(25)16-10-12-24(13-11-16)14-17-8-6-7-9-18(17)22/h6-9,16H,10-15H2,1-5H3,(H,23,25). The van der Waals surface area contributed by atoms with Gasteiger partial charge in [-0.15, -0.1) is 0 Å². The number of rotatable bonds is 5. The van der Waals surface area contributed by atoms with E-state index < -0.39 is 0 Å². The third-order valence-corrected chi connectivity index (χ3v) is 5.11. The minimum atomic E-state index is -0.163. The Labute approximate surface area is 158 Å². The van der Waals surface area contributed by atoms with Crippen molar-refractivity contribution < 1.29 is 4.79 Å². The number of carbonyl (C=O) groups is 1. The van der Waals surface area contributed by atoms with Crippen molar-refractivity contribution in [1.82, 2.24) is 10.2 Å². The smallest absolute Gasteiger partial charge is 0.223 e. The summed E-state index contributed by atoms with van der Waals surface area (Å²) in [5.74, 6) is 0.341. The van der Waals surface area contributed by atoms with Crippen molar-refractivity contribution in [3.05, 3.63) is 34.9 Å². The Hall–Kier alpha value is -1.06. The molecule has 25 heavy (non-hydrogen) atoms. The van der Waals surface area contributed by atoms with Gasteiger partial charge < -0.3 is 5.32 Å². The second-order valence-electron chi connectivity index (χ2n) is 9.25. The lowest BCUT2D eigenvalue weighted by Gasteiger charge is -2.36. The summed E-state index contributed by atoms with van der Waals surface area (Å²) < 4.78 is 0. The fraction of sp³-hybridized carbons (Fsp3) is 0.667. The lowest BCUT2D eigenvalue weighted by molar-refractivity contribution is -0.128. The van der Waals surface area contributed by atoms with E-state index in [9.17, 15) is 4.79 Å². The average Bonchev–Trinajstić information content (AvgIpc) is 2.47. The monoisotopic (exact) mass is 364 g/mol. The minimum Gasteiger partial charge on any atom is -0.351 e. The fourth-order valence-corrected chi connectivity index (χ4v) is 4.22. The van der Waals surface area contributed by atoms with Crippen LogP contribution in [0.2, 0.25) is 5.02 Å². The summed E-state index contributed by atoms with van der Waals surface area (Å²) in [6, 6.07) is 8.00. The first-order valence-electron chi connectivity index (χ1n) is 9.33. The first-order valence-corrected chi connectivity index (χ1v) is 9.71. The summed E-state index contributed by atoms with van der Waals surface area (Å²) in [6.45, 7) is 13.7. The number of likely N-dealkylation sites (tertiary alicyclic amines) is 1. The molecule has 1 aliphatic heterocycles. The summed E-state index contributed by atoms with van der Waals surface area (Å²) in [5, 5.41) is 4.10. The first-order chi connectivity index (χ1) is 11.6. The number of hydrogen-bond acceptors (Lipinski definition) is 2. The molecule has 0 aromatic heterocycles. The molecule has 1 saturated heterocycles. The molecular formula is C21H33ClN2O. The molecule has 0 atom stereocenters. The maximum absolute atomic E-state index is 12.7. The average molecular weight is 365 g/mol. The number of piperidine rings is 1. The van der Waals surface area contributed by atoms with Gasteiger partial charge in [0.2, 0.25) is 5.91 Å². The number of nitrogens with one attached hydrogen (secondary N) is 1. The third-order valence-electron chi connectivity index (χ3n) is 4.74. The molecule has 1 aromatic carbocycles. The molecule has 1 amide bonds. The van der Waals surface area contributed by atoms with Crippen LogP contribution in [-0.4, -0.2) is 29.4 Å². The van der Waals surface area contributed by atoms with E-state index in [1.54, 1.807) is 0 Å². The molecule has 1 fully saturated rings. The van der Waals surface area contributed by atoms with Crippen LogP contribution in [0.1, 0.15) is 59.4 Å². The Morgan fingerprint density at radius 2 is 1.76 bits per heavy atom. The molecule has 4 heteroatoms. The molecule has 1 aromatic rings. The number of halogens is 1. The topological polar surface area (TPSA) is 32.3 Å². The zero-order valence-corrected chi connectivity index (χ0v) is 17.1. The normalized spacial score (nSPS) is 17.5. The molecule has 140 valence electrons. The van der Waals surface area contributed by atoms with Crippen LogP contribution in [0.25, 0.3) is 0 Å². The summed E-state index contributed by atoms with van der Waals surface area (Å²) in [7, 11) is 0. The van der Waals surface area contributed by atoms with E-state index in [1.807, 2.05) is 18.2 Å². The van der Waals surface area contributed by atoms with Crippen LogP contribution in [0.5, 0.6) is 0 Å². The third kappa shape index (κ3) is 6.63. The number of carbonyl (C=O) groups excluding carboxylic acids is 1. The molecule has 1 aliphatic rings. The number of nitrogens with zero attached hydrogens (tertiary/aromatic N) is 1. The Balaban J connectivity index is 1.83. The van der Waals surface area contributed by atoms with Crippen molar-refractivity contribution in [1.29, 1.82) is 0 Å². The van der Waals surface area contributed by atoms with Crippen molar-refractivity contribution >= 4 is 17.5 Å². The second-order valence-corrected chi connectivity index (χ2v) is 9.66. The Morgan fingerprint density at radius 1 is 1.16 bits per heavy atom. The predicted molar refractivity (Wildman–Crippen MR) is 106 cm³/mol. The Bertz CT molecular complexity index is 584. The van der Waals surface area contributed by atoms with Gasteiger partial charge in [0.05, 0.1) is 0 Å². The van der Waals surface area contributed by atoms with Crippen molar-refractivity contribution in [3.63, 3.8) is 0 Å². The van der Waals surface area contributed by atoms with Gasteiger partial charge in [0.25, 0.3) is 0 Å². The van der Waals surface area contributed by atoms with Gasteiger partial charge in [0.1, 0.15) is 0 Å². The SMILES string of the molecule is CC(C)(C)CC(C)(C)NC(=O)C1CCN(Cc2ccccc2Cl)CC1. The van der Waals surface area contributed by atoms with Crippen molar-refractivity contribution in [3.8, 4) is 0 Å². The van der Waals surface area contributed by atoms with Gasteiger partial charge in [-0.25, -0.2) is 0 Å². The van der Waals surface area contributed by atoms with Gasteiger partial charge >= 0.3 is 0 Å². The van der Waals surface area contributed by atoms with Crippen LogP contribution < -0.4 is 5.32 Å². The van der Waals surface area contributed by atoms with Gasteiger partial charge in [-0.3, -0.25) is 9.69 Å². The van der Waals surface area contributed by atoms with Crippen LogP contribution in [-0.2, 0) is 11.3 Å². The Morgan fingerprint density at radius 3 is 2.32 bits per heavy atom. The largest absolute Gasteiger partial charge is 0.351 e. The van der Waals surface area contributed by atoms with Crippen molar-refractivity contribution in [2.75, 3.05) is 13.1 Å². The highest BCUT2D eigenvalue weighted by atomic mass is 35.5. The van der Waals surface area contributed by atoms with E-state index >= 15 is 0 Å². The summed E-state index contributed by atoms with van der Waals surface area (Å²) in [4.78, 5) is 15.1. The minimum absolute atomic E-state index is 0.127. The van der Waals surface area contributed by atoms with E-state index in [1.165, 1.54) is 5.56 Å². The van der Waals surface area contributed by atoms with E-state index in [-0.39, 0.29) is 22.8 Å². The number of hydrogen-bond donors (Lipinski definition) is 1. The molecule has 0 radical (unpaired) electrons. The van der Waals surface area contributed by atoms with Crippen LogP contribution in [0.4, 0.5) is 0 Å². The quantitative estimate of drug-likeness (QED) is 0.807. The highest BCUT2D eigenvalue weighted by Gasteiger charge is 2.31. The van der Waals surface area contributed by atoms with Crippen LogP contribution in [0, 0.1) is 11.3 Å². The molecule has 3 nitrogen and oxygen atoms in total. The lowest BCUT2D eigenvalue weighted by Crippen LogP contribution is -2.49. The van der Waals surface area contributed by atoms with Crippen molar-refractivity contribution in [2.24, 2.45) is 11.3 Å². The molecule has 2 rings (SSSR count).